The average molecular weight is 404 g/mol. The van der Waals surface area contributed by atoms with Crippen LogP contribution < -0.4 is 4.74 Å². The Kier molecular flexibility index (Phi) is 5.90. The molecule has 0 aromatic heterocycles. The number of benzene rings is 2. The van der Waals surface area contributed by atoms with E-state index in [0.717, 1.165) is 5.56 Å². The van der Waals surface area contributed by atoms with Crippen molar-refractivity contribution < 1.29 is 23.1 Å². The van der Waals surface area contributed by atoms with E-state index in [1.807, 2.05) is 6.92 Å². The fraction of sp³-hybridized carbons (Fsp3) is 0.350. The van der Waals surface area contributed by atoms with Gasteiger partial charge in [0.2, 0.25) is 10.0 Å². The molecule has 0 spiro atoms. The molecule has 2 aromatic carbocycles. The maximum absolute atomic E-state index is 12.8. The number of phenols is 1. The lowest BCUT2D eigenvalue weighted by Crippen LogP contribution is -2.53. The van der Waals surface area contributed by atoms with Crippen LogP contribution in [0.5, 0.6) is 11.5 Å². The molecule has 1 fully saturated rings. The zero-order valence-electron chi connectivity index (χ0n) is 15.9. The molecule has 3 rings (SSSR count). The second-order valence-corrected chi connectivity index (χ2v) is 8.73. The number of hydrogen-bond donors (Lipinski definition) is 1. The van der Waals surface area contributed by atoms with Crippen LogP contribution in [-0.2, 0) is 14.8 Å². The van der Waals surface area contributed by atoms with Crippen molar-refractivity contribution in [2.75, 3.05) is 26.2 Å². The highest BCUT2D eigenvalue weighted by molar-refractivity contribution is 7.89. The molecule has 1 saturated heterocycles. The Morgan fingerprint density at radius 3 is 2.14 bits per heavy atom. The quantitative estimate of drug-likeness (QED) is 0.824. The van der Waals surface area contributed by atoms with Gasteiger partial charge >= 0.3 is 0 Å². The van der Waals surface area contributed by atoms with Crippen molar-refractivity contribution in [1.29, 1.82) is 0 Å². The third kappa shape index (κ3) is 4.45. The summed E-state index contributed by atoms with van der Waals surface area (Å²) >= 11 is 0. The molecule has 1 atom stereocenters. The van der Waals surface area contributed by atoms with Crippen LogP contribution in [0.3, 0.4) is 0 Å². The van der Waals surface area contributed by atoms with Gasteiger partial charge in [-0.2, -0.15) is 4.31 Å². The molecule has 0 aliphatic carbocycles. The summed E-state index contributed by atoms with van der Waals surface area (Å²) in [5, 5.41) is 9.31. The Hall–Kier alpha value is -2.58. The topological polar surface area (TPSA) is 87.2 Å². The van der Waals surface area contributed by atoms with Gasteiger partial charge in [-0.15, -0.1) is 0 Å². The molecule has 150 valence electrons. The summed E-state index contributed by atoms with van der Waals surface area (Å²) in [5.41, 5.74) is 0.997. The maximum Gasteiger partial charge on any atom is 0.263 e. The van der Waals surface area contributed by atoms with E-state index >= 15 is 0 Å². The molecule has 0 bridgehead atoms. The predicted octanol–water partition coefficient (Wildman–Crippen LogP) is 2.00. The predicted molar refractivity (Wildman–Crippen MR) is 105 cm³/mol. The van der Waals surface area contributed by atoms with Crippen LogP contribution in [0.4, 0.5) is 0 Å². The molecule has 1 N–H and O–H groups in total. The summed E-state index contributed by atoms with van der Waals surface area (Å²) in [5.74, 6) is 0.414. The summed E-state index contributed by atoms with van der Waals surface area (Å²) in [7, 11) is -3.56. The number of sulfonamides is 1. The van der Waals surface area contributed by atoms with E-state index in [0.29, 0.717) is 18.8 Å². The van der Waals surface area contributed by atoms with Crippen LogP contribution in [-0.4, -0.2) is 60.9 Å². The highest BCUT2D eigenvalue weighted by Gasteiger charge is 2.32. The van der Waals surface area contributed by atoms with Gasteiger partial charge in [0.25, 0.3) is 5.91 Å². The number of amides is 1. The largest absolute Gasteiger partial charge is 0.508 e. The van der Waals surface area contributed by atoms with Gasteiger partial charge < -0.3 is 14.7 Å². The normalized spacial score (nSPS) is 16.6. The summed E-state index contributed by atoms with van der Waals surface area (Å²) in [6, 6.07) is 12.9. The smallest absolute Gasteiger partial charge is 0.263 e. The Morgan fingerprint density at radius 2 is 1.57 bits per heavy atom. The van der Waals surface area contributed by atoms with E-state index in [2.05, 4.69) is 0 Å². The van der Waals surface area contributed by atoms with Crippen molar-refractivity contribution in [3.8, 4) is 11.5 Å². The van der Waals surface area contributed by atoms with Gasteiger partial charge in [-0.3, -0.25) is 4.79 Å². The zero-order chi connectivity index (χ0) is 20.3. The van der Waals surface area contributed by atoms with Crippen molar-refractivity contribution >= 4 is 15.9 Å². The lowest BCUT2D eigenvalue weighted by atomic mass is 10.2. The van der Waals surface area contributed by atoms with Crippen molar-refractivity contribution in [1.82, 2.24) is 9.21 Å². The number of aromatic hydroxyl groups is 1. The number of ether oxygens (including phenoxy) is 1. The Morgan fingerprint density at radius 1 is 1.00 bits per heavy atom. The second-order valence-electron chi connectivity index (χ2n) is 6.80. The zero-order valence-corrected chi connectivity index (χ0v) is 16.7. The van der Waals surface area contributed by atoms with Gasteiger partial charge in [0, 0.05) is 26.2 Å². The molecule has 0 radical (unpaired) electrons. The van der Waals surface area contributed by atoms with Crippen molar-refractivity contribution in [3.05, 3.63) is 54.1 Å². The number of nitrogens with zero attached hydrogens (tertiary/aromatic N) is 2. The summed E-state index contributed by atoms with van der Waals surface area (Å²) in [6.45, 7) is 4.68. The van der Waals surface area contributed by atoms with E-state index in [4.69, 9.17) is 4.74 Å². The van der Waals surface area contributed by atoms with E-state index in [9.17, 15) is 18.3 Å². The lowest BCUT2D eigenvalue weighted by molar-refractivity contribution is -0.139. The van der Waals surface area contributed by atoms with Gasteiger partial charge in [-0.25, -0.2) is 8.42 Å². The highest BCUT2D eigenvalue weighted by atomic mass is 32.2. The van der Waals surface area contributed by atoms with Crippen LogP contribution >= 0.6 is 0 Å². The lowest BCUT2D eigenvalue weighted by Gasteiger charge is -2.35. The van der Waals surface area contributed by atoms with Crippen LogP contribution in [0.25, 0.3) is 0 Å². The van der Waals surface area contributed by atoms with Crippen molar-refractivity contribution in [2.45, 2.75) is 24.8 Å². The van der Waals surface area contributed by atoms with Crippen LogP contribution in [0.1, 0.15) is 12.5 Å². The fourth-order valence-electron chi connectivity index (χ4n) is 3.04. The Labute approximate surface area is 165 Å². The number of carbonyl (C=O) groups is 1. The Bertz CT molecular complexity index is 918. The first-order valence-electron chi connectivity index (χ1n) is 9.08. The van der Waals surface area contributed by atoms with E-state index in [-0.39, 0.29) is 29.6 Å². The van der Waals surface area contributed by atoms with Gasteiger partial charge in [0.05, 0.1) is 4.90 Å². The molecular weight excluding hydrogens is 380 g/mol. The molecule has 7 nitrogen and oxygen atoms in total. The van der Waals surface area contributed by atoms with E-state index in [1.54, 1.807) is 48.2 Å². The second kappa shape index (κ2) is 8.20. The van der Waals surface area contributed by atoms with Crippen molar-refractivity contribution in [3.63, 3.8) is 0 Å². The van der Waals surface area contributed by atoms with Gasteiger partial charge in [0.1, 0.15) is 11.5 Å². The molecule has 1 heterocycles. The minimum atomic E-state index is -3.56. The van der Waals surface area contributed by atoms with E-state index < -0.39 is 16.1 Å². The van der Waals surface area contributed by atoms with Crippen LogP contribution in [0, 0.1) is 6.92 Å². The van der Waals surface area contributed by atoms with Crippen molar-refractivity contribution in [2.24, 2.45) is 0 Å². The monoisotopic (exact) mass is 404 g/mol. The molecule has 28 heavy (non-hydrogen) atoms. The summed E-state index contributed by atoms with van der Waals surface area (Å²) in [4.78, 5) is 14.5. The number of rotatable bonds is 5. The first-order chi connectivity index (χ1) is 13.3. The summed E-state index contributed by atoms with van der Waals surface area (Å²) < 4.78 is 32.5. The van der Waals surface area contributed by atoms with Crippen LogP contribution in [0.15, 0.2) is 53.4 Å². The van der Waals surface area contributed by atoms with E-state index in [1.165, 1.54) is 16.4 Å². The molecule has 2 aromatic rings. The van der Waals surface area contributed by atoms with Crippen LogP contribution in [0.2, 0.25) is 0 Å². The standard InChI is InChI=1S/C20H24N2O5S/c1-15-3-9-19(10-4-15)28(25,26)22-13-11-21(12-14-22)20(24)16(2)27-18-7-5-17(23)6-8-18/h3-10,16,23H,11-14H2,1-2H3. The summed E-state index contributed by atoms with van der Waals surface area (Å²) in [6.07, 6.45) is -0.704. The minimum absolute atomic E-state index is 0.122. The molecule has 1 aliphatic heterocycles. The highest BCUT2D eigenvalue weighted by Crippen LogP contribution is 2.20. The number of phenolic OH excluding ortho intramolecular Hbond substituents is 1. The average Bonchev–Trinajstić information content (AvgIpc) is 2.69. The molecule has 0 saturated carbocycles. The van der Waals surface area contributed by atoms with Gasteiger partial charge in [0.15, 0.2) is 6.10 Å². The third-order valence-corrected chi connectivity index (χ3v) is 6.62. The van der Waals surface area contributed by atoms with Gasteiger partial charge in [-0.05, 0) is 50.2 Å². The third-order valence-electron chi connectivity index (χ3n) is 4.71. The molecule has 1 unspecified atom stereocenters. The molecule has 1 amide bonds. The number of piperazine rings is 1. The Balaban J connectivity index is 1.58. The maximum atomic E-state index is 12.8. The number of aryl methyl sites for hydroxylation is 1. The first-order valence-corrected chi connectivity index (χ1v) is 10.5. The molecule has 8 heteroatoms. The molecular formula is C20H24N2O5S. The minimum Gasteiger partial charge on any atom is -0.508 e. The first kappa shape index (κ1) is 20.2. The fourth-order valence-corrected chi connectivity index (χ4v) is 4.47. The SMILES string of the molecule is Cc1ccc(S(=O)(=O)N2CCN(C(=O)C(C)Oc3ccc(O)cc3)CC2)cc1. The molecule has 1 aliphatic rings. The number of hydrogen-bond acceptors (Lipinski definition) is 5. The van der Waals surface area contributed by atoms with Gasteiger partial charge in [-0.1, -0.05) is 17.7 Å². The number of carbonyl (C=O) groups excluding carboxylic acids is 1.